The van der Waals surface area contributed by atoms with Gasteiger partial charge in [-0.2, -0.15) is 0 Å². The van der Waals surface area contributed by atoms with E-state index in [0.717, 1.165) is 12.1 Å². The molecule has 0 aliphatic heterocycles. The van der Waals surface area contributed by atoms with Crippen molar-refractivity contribution in [2.24, 2.45) is 0 Å². The lowest BCUT2D eigenvalue weighted by atomic mass is 10.2. The molecule has 0 saturated carbocycles. The minimum absolute atomic E-state index is 0.347. The standard InChI is InChI=1S/C10H13NO3/c1-11(2)7-8-3-5-9(6-4-8)14-10(12)13/h3-6H,7H2,1-2H3,(H,12,13). The third-order valence-corrected chi connectivity index (χ3v) is 1.63. The molecule has 0 aliphatic carbocycles. The third kappa shape index (κ3) is 3.45. The quantitative estimate of drug-likeness (QED) is 0.590. The number of hydrogen-bond acceptors (Lipinski definition) is 3. The van der Waals surface area contributed by atoms with Crippen LogP contribution in [-0.4, -0.2) is 30.3 Å². The highest BCUT2D eigenvalue weighted by Crippen LogP contribution is 2.12. The van der Waals surface area contributed by atoms with Crippen molar-refractivity contribution in [1.29, 1.82) is 0 Å². The van der Waals surface area contributed by atoms with Gasteiger partial charge < -0.3 is 14.7 Å². The molecule has 14 heavy (non-hydrogen) atoms. The van der Waals surface area contributed by atoms with Gasteiger partial charge in [0.15, 0.2) is 0 Å². The molecular formula is C10H13NO3. The summed E-state index contributed by atoms with van der Waals surface area (Å²) in [6, 6.07) is 6.98. The molecule has 4 heteroatoms. The fourth-order valence-corrected chi connectivity index (χ4v) is 1.13. The van der Waals surface area contributed by atoms with Crippen LogP contribution in [0, 0.1) is 0 Å². The maximum absolute atomic E-state index is 10.2. The van der Waals surface area contributed by atoms with Crippen LogP contribution in [0.2, 0.25) is 0 Å². The van der Waals surface area contributed by atoms with Crippen LogP contribution in [0.3, 0.4) is 0 Å². The van der Waals surface area contributed by atoms with Crippen LogP contribution < -0.4 is 4.74 Å². The first-order valence-electron chi connectivity index (χ1n) is 4.22. The number of hydrogen-bond donors (Lipinski definition) is 1. The van der Waals surface area contributed by atoms with E-state index in [4.69, 9.17) is 5.11 Å². The molecule has 0 saturated heterocycles. The molecule has 1 rings (SSSR count). The number of carboxylic acid groups (broad SMARTS) is 1. The molecule has 1 aromatic carbocycles. The van der Waals surface area contributed by atoms with E-state index in [2.05, 4.69) is 4.74 Å². The van der Waals surface area contributed by atoms with E-state index in [1.807, 2.05) is 31.1 Å². The fourth-order valence-electron chi connectivity index (χ4n) is 1.13. The molecule has 0 spiro atoms. The minimum Gasteiger partial charge on any atom is -0.449 e. The summed E-state index contributed by atoms with van der Waals surface area (Å²) >= 11 is 0. The Morgan fingerprint density at radius 3 is 2.36 bits per heavy atom. The zero-order valence-electron chi connectivity index (χ0n) is 8.23. The average Bonchev–Trinajstić information content (AvgIpc) is 2.06. The van der Waals surface area contributed by atoms with Gasteiger partial charge in [-0.25, -0.2) is 4.79 Å². The van der Waals surface area contributed by atoms with Crippen LogP contribution in [0.25, 0.3) is 0 Å². The van der Waals surface area contributed by atoms with E-state index in [1.54, 1.807) is 12.1 Å². The predicted molar refractivity (Wildman–Crippen MR) is 52.5 cm³/mol. The Labute approximate surface area is 82.7 Å². The van der Waals surface area contributed by atoms with Crippen LogP contribution in [0.4, 0.5) is 4.79 Å². The first kappa shape index (κ1) is 10.5. The summed E-state index contributed by atoms with van der Waals surface area (Å²) in [5.41, 5.74) is 1.12. The van der Waals surface area contributed by atoms with Crippen molar-refractivity contribution >= 4 is 6.16 Å². The minimum atomic E-state index is -1.29. The van der Waals surface area contributed by atoms with Gasteiger partial charge in [-0.05, 0) is 31.8 Å². The summed E-state index contributed by atoms with van der Waals surface area (Å²) in [7, 11) is 3.95. The van der Waals surface area contributed by atoms with E-state index in [0.29, 0.717) is 5.75 Å². The van der Waals surface area contributed by atoms with Crippen LogP contribution in [0.15, 0.2) is 24.3 Å². The van der Waals surface area contributed by atoms with Gasteiger partial charge >= 0.3 is 6.16 Å². The maximum atomic E-state index is 10.2. The van der Waals surface area contributed by atoms with Crippen molar-refractivity contribution in [2.75, 3.05) is 14.1 Å². The topological polar surface area (TPSA) is 49.8 Å². The first-order valence-corrected chi connectivity index (χ1v) is 4.22. The van der Waals surface area contributed by atoms with Crippen molar-refractivity contribution < 1.29 is 14.6 Å². The van der Waals surface area contributed by atoms with Crippen LogP contribution in [0.5, 0.6) is 5.75 Å². The van der Waals surface area contributed by atoms with Crippen LogP contribution in [0.1, 0.15) is 5.56 Å². The van der Waals surface area contributed by atoms with Gasteiger partial charge in [-0.15, -0.1) is 0 Å². The largest absolute Gasteiger partial charge is 0.511 e. The molecule has 0 bridgehead atoms. The molecule has 4 nitrogen and oxygen atoms in total. The predicted octanol–water partition coefficient (Wildman–Crippen LogP) is 1.81. The molecule has 0 amide bonds. The van der Waals surface area contributed by atoms with Gasteiger partial charge in [0.2, 0.25) is 0 Å². The molecule has 1 N–H and O–H groups in total. The first-order chi connectivity index (χ1) is 6.58. The number of ether oxygens (including phenoxy) is 1. The molecule has 0 aliphatic rings. The van der Waals surface area contributed by atoms with Crippen LogP contribution >= 0.6 is 0 Å². The molecule has 0 atom stereocenters. The summed E-state index contributed by atoms with van der Waals surface area (Å²) in [5.74, 6) is 0.347. The van der Waals surface area contributed by atoms with Crippen molar-refractivity contribution in [3.05, 3.63) is 29.8 Å². The number of rotatable bonds is 3. The summed E-state index contributed by atoms with van der Waals surface area (Å²) < 4.78 is 4.48. The highest BCUT2D eigenvalue weighted by atomic mass is 16.7. The number of benzene rings is 1. The zero-order chi connectivity index (χ0) is 10.6. The van der Waals surface area contributed by atoms with E-state index in [9.17, 15) is 4.79 Å². The molecule has 0 heterocycles. The van der Waals surface area contributed by atoms with Crippen molar-refractivity contribution in [2.45, 2.75) is 6.54 Å². The smallest absolute Gasteiger partial charge is 0.449 e. The summed E-state index contributed by atoms with van der Waals surface area (Å²) in [6.45, 7) is 0.827. The molecule has 0 aromatic heterocycles. The van der Waals surface area contributed by atoms with Crippen molar-refractivity contribution in [3.63, 3.8) is 0 Å². The Balaban J connectivity index is 2.63. The lowest BCUT2D eigenvalue weighted by molar-refractivity contribution is 0.144. The highest BCUT2D eigenvalue weighted by molar-refractivity contribution is 5.61. The monoisotopic (exact) mass is 195 g/mol. The van der Waals surface area contributed by atoms with Gasteiger partial charge in [0.25, 0.3) is 0 Å². The Morgan fingerprint density at radius 1 is 1.36 bits per heavy atom. The van der Waals surface area contributed by atoms with E-state index in [1.165, 1.54) is 0 Å². The second kappa shape index (κ2) is 4.62. The Kier molecular flexibility index (Phi) is 3.48. The Hall–Kier alpha value is -1.55. The summed E-state index contributed by atoms with van der Waals surface area (Å²) in [4.78, 5) is 12.2. The average molecular weight is 195 g/mol. The third-order valence-electron chi connectivity index (χ3n) is 1.63. The normalized spacial score (nSPS) is 10.2. The van der Waals surface area contributed by atoms with Crippen LogP contribution in [-0.2, 0) is 6.54 Å². The molecule has 1 aromatic rings. The molecule has 0 fully saturated rings. The number of carbonyl (C=O) groups is 1. The Morgan fingerprint density at radius 2 is 1.93 bits per heavy atom. The zero-order valence-corrected chi connectivity index (χ0v) is 8.23. The summed E-state index contributed by atoms with van der Waals surface area (Å²) in [5, 5.41) is 8.35. The maximum Gasteiger partial charge on any atom is 0.511 e. The molecule has 76 valence electrons. The van der Waals surface area contributed by atoms with E-state index in [-0.39, 0.29) is 0 Å². The van der Waals surface area contributed by atoms with Crippen molar-refractivity contribution in [1.82, 2.24) is 4.90 Å². The van der Waals surface area contributed by atoms with Gasteiger partial charge in [-0.1, -0.05) is 12.1 Å². The van der Waals surface area contributed by atoms with Gasteiger partial charge in [0, 0.05) is 6.54 Å². The molecular weight excluding hydrogens is 182 g/mol. The summed E-state index contributed by atoms with van der Waals surface area (Å²) in [6.07, 6.45) is -1.29. The van der Waals surface area contributed by atoms with E-state index >= 15 is 0 Å². The second-order valence-electron chi connectivity index (χ2n) is 3.25. The van der Waals surface area contributed by atoms with E-state index < -0.39 is 6.16 Å². The second-order valence-corrected chi connectivity index (χ2v) is 3.25. The lowest BCUT2D eigenvalue weighted by Gasteiger charge is -2.09. The Bertz CT molecular complexity index is 306. The fraction of sp³-hybridized carbons (Fsp3) is 0.300. The lowest BCUT2D eigenvalue weighted by Crippen LogP contribution is -2.10. The molecule has 0 unspecified atom stereocenters. The van der Waals surface area contributed by atoms with Gasteiger partial charge in [-0.3, -0.25) is 0 Å². The number of nitrogens with zero attached hydrogens (tertiary/aromatic N) is 1. The van der Waals surface area contributed by atoms with Gasteiger partial charge in [0.1, 0.15) is 5.75 Å². The SMILES string of the molecule is CN(C)Cc1ccc(OC(=O)O)cc1. The van der Waals surface area contributed by atoms with Crippen molar-refractivity contribution in [3.8, 4) is 5.75 Å². The van der Waals surface area contributed by atoms with Gasteiger partial charge in [0.05, 0.1) is 0 Å². The molecule has 0 radical (unpaired) electrons. The highest BCUT2D eigenvalue weighted by Gasteiger charge is 2.00.